The molecule has 19 heavy (non-hydrogen) atoms. The van der Waals surface area contributed by atoms with Gasteiger partial charge in [-0.3, -0.25) is 4.79 Å². The molecule has 1 unspecified atom stereocenters. The fourth-order valence-corrected chi connectivity index (χ4v) is 3.27. The van der Waals surface area contributed by atoms with Crippen molar-refractivity contribution in [3.05, 3.63) is 35.4 Å². The number of hydrogen-bond acceptors (Lipinski definition) is 3. The Balaban J connectivity index is 2.50. The molecule has 0 spiro atoms. The van der Waals surface area contributed by atoms with Gasteiger partial charge >= 0.3 is 5.97 Å². The predicted octanol–water partition coefficient (Wildman–Crippen LogP) is 2.25. The van der Waals surface area contributed by atoms with Gasteiger partial charge in [-0.15, -0.1) is 0 Å². The summed E-state index contributed by atoms with van der Waals surface area (Å²) < 4.78 is 0. The van der Waals surface area contributed by atoms with Gasteiger partial charge in [-0.25, -0.2) is 0 Å². The number of carbonyl (C=O) groups is 1. The topological polar surface area (TPSA) is 87.1 Å². The summed E-state index contributed by atoms with van der Waals surface area (Å²) in [5.74, 6) is -1.07. The van der Waals surface area contributed by atoms with Crippen LogP contribution in [0.4, 0.5) is 0 Å². The molecule has 1 fully saturated rings. The molecule has 0 aromatic heterocycles. The van der Waals surface area contributed by atoms with Crippen LogP contribution in [0.1, 0.15) is 42.7 Å². The summed E-state index contributed by atoms with van der Waals surface area (Å²) >= 11 is 0. The number of aliphatic carboxylic acids is 1. The van der Waals surface area contributed by atoms with Crippen molar-refractivity contribution in [3.63, 3.8) is 0 Å². The lowest BCUT2D eigenvalue weighted by atomic mass is 9.69. The Morgan fingerprint density at radius 3 is 2.58 bits per heavy atom. The van der Waals surface area contributed by atoms with Crippen LogP contribution in [0.15, 0.2) is 24.3 Å². The van der Waals surface area contributed by atoms with E-state index in [1.165, 1.54) is 0 Å². The molecule has 0 heterocycles. The SMILES string of the molecule is N#Cc1ccccc1C(CN)C1(C(=O)O)CCCC1. The average molecular weight is 258 g/mol. The Hall–Kier alpha value is -1.86. The van der Waals surface area contributed by atoms with Gasteiger partial charge in [0.15, 0.2) is 0 Å². The fourth-order valence-electron chi connectivity index (χ4n) is 3.27. The van der Waals surface area contributed by atoms with E-state index >= 15 is 0 Å². The predicted molar refractivity (Wildman–Crippen MR) is 71.5 cm³/mol. The van der Waals surface area contributed by atoms with Gasteiger partial charge in [0, 0.05) is 12.5 Å². The number of nitriles is 1. The maximum Gasteiger partial charge on any atom is 0.310 e. The first-order valence-electron chi connectivity index (χ1n) is 6.58. The van der Waals surface area contributed by atoms with Crippen molar-refractivity contribution in [1.82, 2.24) is 0 Å². The lowest BCUT2D eigenvalue weighted by molar-refractivity contribution is -0.150. The Bertz CT molecular complexity index is 513. The summed E-state index contributed by atoms with van der Waals surface area (Å²) in [7, 11) is 0. The minimum atomic E-state index is -0.804. The third-order valence-corrected chi connectivity index (χ3v) is 4.28. The Kier molecular flexibility index (Phi) is 3.87. The first kappa shape index (κ1) is 13.6. The normalized spacial score (nSPS) is 18.7. The van der Waals surface area contributed by atoms with Gasteiger partial charge in [0.1, 0.15) is 0 Å². The van der Waals surface area contributed by atoms with E-state index in [4.69, 9.17) is 5.73 Å². The van der Waals surface area contributed by atoms with E-state index in [9.17, 15) is 15.2 Å². The molecule has 0 bridgehead atoms. The number of nitrogens with zero attached hydrogens (tertiary/aromatic N) is 1. The molecule has 1 saturated carbocycles. The molecule has 1 atom stereocenters. The maximum absolute atomic E-state index is 11.8. The van der Waals surface area contributed by atoms with E-state index in [2.05, 4.69) is 6.07 Å². The van der Waals surface area contributed by atoms with Gasteiger partial charge in [0.25, 0.3) is 0 Å². The second-order valence-corrected chi connectivity index (χ2v) is 5.16. The van der Waals surface area contributed by atoms with E-state index in [-0.39, 0.29) is 12.5 Å². The van der Waals surface area contributed by atoms with E-state index in [0.29, 0.717) is 18.4 Å². The fraction of sp³-hybridized carbons (Fsp3) is 0.467. The van der Waals surface area contributed by atoms with Gasteiger partial charge in [0.2, 0.25) is 0 Å². The minimum Gasteiger partial charge on any atom is -0.481 e. The van der Waals surface area contributed by atoms with Crippen molar-refractivity contribution < 1.29 is 9.90 Å². The van der Waals surface area contributed by atoms with Gasteiger partial charge in [-0.2, -0.15) is 5.26 Å². The molecule has 0 aliphatic heterocycles. The molecule has 0 radical (unpaired) electrons. The van der Waals surface area contributed by atoms with Gasteiger partial charge in [-0.05, 0) is 24.5 Å². The van der Waals surface area contributed by atoms with Crippen molar-refractivity contribution in [3.8, 4) is 6.07 Å². The second kappa shape index (κ2) is 5.41. The van der Waals surface area contributed by atoms with Gasteiger partial charge in [-0.1, -0.05) is 31.0 Å². The van der Waals surface area contributed by atoms with Crippen LogP contribution in [0, 0.1) is 16.7 Å². The largest absolute Gasteiger partial charge is 0.481 e. The minimum absolute atomic E-state index is 0.255. The number of carboxylic acids is 1. The van der Waals surface area contributed by atoms with Crippen molar-refractivity contribution in [2.45, 2.75) is 31.6 Å². The highest BCUT2D eigenvalue weighted by atomic mass is 16.4. The molecule has 1 aromatic carbocycles. The highest BCUT2D eigenvalue weighted by Crippen LogP contribution is 2.49. The number of rotatable bonds is 4. The Morgan fingerprint density at radius 2 is 2.05 bits per heavy atom. The molecule has 4 heteroatoms. The smallest absolute Gasteiger partial charge is 0.310 e. The molecule has 0 amide bonds. The first-order valence-corrected chi connectivity index (χ1v) is 6.58. The third-order valence-electron chi connectivity index (χ3n) is 4.28. The highest BCUT2D eigenvalue weighted by Gasteiger charge is 2.48. The highest BCUT2D eigenvalue weighted by molar-refractivity contribution is 5.77. The van der Waals surface area contributed by atoms with E-state index < -0.39 is 11.4 Å². The summed E-state index contributed by atoms with van der Waals surface area (Å²) in [6.07, 6.45) is 3.11. The lowest BCUT2D eigenvalue weighted by Gasteiger charge is -2.33. The average Bonchev–Trinajstić information content (AvgIpc) is 2.91. The van der Waals surface area contributed by atoms with Crippen LogP contribution in [0.25, 0.3) is 0 Å². The van der Waals surface area contributed by atoms with Crippen molar-refractivity contribution >= 4 is 5.97 Å². The molecular weight excluding hydrogens is 240 g/mol. The van der Waals surface area contributed by atoms with Crippen LogP contribution in [-0.4, -0.2) is 17.6 Å². The summed E-state index contributed by atoms with van der Waals surface area (Å²) in [4.78, 5) is 11.8. The first-order chi connectivity index (χ1) is 9.15. The summed E-state index contributed by atoms with van der Waals surface area (Å²) in [6, 6.07) is 9.32. The van der Waals surface area contributed by atoms with E-state index in [1.807, 2.05) is 12.1 Å². The number of carboxylic acid groups (broad SMARTS) is 1. The molecule has 100 valence electrons. The Labute approximate surface area is 112 Å². The summed E-state index contributed by atoms with van der Waals surface area (Å²) in [5.41, 5.74) is 6.36. The molecule has 1 aromatic rings. The van der Waals surface area contributed by atoms with Crippen LogP contribution in [0.2, 0.25) is 0 Å². The molecular formula is C15H18N2O2. The quantitative estimate of drug-likeness (QED) is 0.867. The van der Waals surface area contributed by atoms with Crippen LogP contribution in [-0.2, 0) is 4.79 Å². The molecule has 2 rings (SSSR count). The zero-order valence-electron chi connectivity index (χ0n) is 10.8. The number of benzene rings is 1. The monoisotopic (exact) mass is 258 g/mol. The van der Waals surface area contributed by atoms with E-state index in [1.54, 1.807) is 12.1 Å². The van der Waals surface area contributed by atoms with Crippen LogP contribution < -0.4 is 5.73 Å². The molecule has 0 saturated heterocycles. The van der Waals surface area contributed by atoms with Gasteiger partial charge in [0.05, 0.1) is 17.0 Å². The van der Waals surface area contributed by atoms with Crippen LogP contribution >= 0.6 is 0 Å². The lowest BCUT2D eigenvalue weighted by Crippen LogP contribution is -2.38. The van der Waals surface area contributed by atoms with Crippen molar-refractivity contribution in [1.29, 1.82) is 5.26 Å². The van der Waals surface area contributed by atoms with Crippen LogP contribution in [0.5, 0.6) is 0 Å². The van der Waals surface area contributed by atoms with Crippen LogP contribution in [0.3, 0.4) is 0 Å². The maximum atomic E-state index is 11.8. The standard InChI is InChI=1S/C15H18N2O2/c16-9-11-5-1-2-6-12(11)13(10-17)15(14(18)19)7-3-4-8-15/h1-2,5-6,13H,3-4,7-8,10,17H2,(H,18,19). The zero-order chi connectivity index (χ0) is 13.9. The van der Waals surface area contributed by atoms with Crippen molar-refractivity contribution in [2.75, 3.05) is 6.54 Å². The number of hydrogen-bond donors (Lipinski definition) is 2. The molecule has 4 nitrogen and oxygen atoms in total. The van der Waals surface area contributed by atoms with E-state index in [0.717, 1.165) is 18.4 Å². The molecule has 3 N–H and O–H groups in total. The Morgan fingerprint density at radius 1 is 1.42 bits per heavy atom. The third kappa shape index (κ3) is 2.22. The molecule has 1 aliphatic carbocycles. The number of nitrogens with two attached hydrogens (primary N) is 1. The van der Waals surface area contributed by atoms with Crippen molar-refractivity contribution in [2.24, 2.45) is 11.1 Å². The second-order valence-electron chi connectivity index (χ2n) is 5.16. The van der Waals surface area contributed by atoms with Gasteiger partial charge < -0.3 is 10.8 Å². The summed E-state index contributed by atoms with van der Waals surface area (Å²) in [6.45, 7) is 0.255. The summed E-state index contributed by atoms with van der Waals surface area (Å²) in [5, 5.41) is 18.8. The zero-order valence-corrected chi connectivity index (χ0v) is 10.8. The molecule has 1 aliphatic rings.